The third-order valence-electron chi connectivity index (χ3n) is 4.25. The lowest BCUT2D eigenvalue weighted by Crippen LogP contribution is -2.44. The summed E-state index contributed by atoms with van der Waals surface area (Å²) in [6.07, 6.45) is -2.19. The fourth-order valence-corrected chi connectivity index (χ4v) is 4.50. The molecule has 1 amide bonds. The lowest BCUT2D eigenvalue weighted by molar-refractivity contribution is -0.385. The number of nitrogens with one attached hydrogen (secondary N) is 1. The van der Waals surface area contributed by atoms with Gasteiger partial charge in [-0.05, 0) is 6.07 Å². The first-order valence-corrected chi connectivity index (χ1v) is 8.04. The Kier molecular flexibility index (Phi) is 4.60. The van der Waals surface area contributed by atoms with Gasteiger partial charge in [0.05, 0.1) is 22.4 Å². The largest absolute Gasteiger partial charge is 0.465 e. The van der Waals surface area contributed by atoms with Gasteiger partial charge < -0.3 is 9.84 Å². The van der Waals surface area contributed by atoms with E-state index in [4.69, 9.17) is 9.84 Å². The Labute approximate surface area is 144 Å². The first-order valence-electron chi connectivity index (χ1n) is 7.23. The minimum atomic E-state index is -1.35. The minimum absolute atomic E-state index is 0.0118. The summed E-state index contributed by atoms with van der Waals surface area (Å²) in [4.78, 5) is 25.3. The summed E-state index contributed by atoms with van der Waals surface area (Å²) in [5, 5.41) is 22.0. The Balaban J connectivity index is 2.09. The summed E-state index contributed by atoms with van der Waals surface area (Å²) in [5.41, 5.74) is -0.337. The van der Waals surface area contributed by atoms with E-state index in [1.54, 1.807) is 0 Å². The van der Waals surface area contributed by atoms with Crippen molar-refractivity contribution in [3.63, 3.8) is 0 Å². The van der Waals surface area contributed by atoms with Gasteiger partial charge in [0.1, 0.15) is 12.5 Å². The number of carboxylic acid groups (broad SMARTS) is 1. The van der Waals surface area contributed by atoms with E-state index in [9.17, 15) is 23.7 Å². The van der Waals surface area contributed by atoms with Gasteiger partial charge in [-0.1, -0.05) is 11.8 Å². The highest BCUT2D eigenvalue weighted by Gasteiger charge is 2.55. The van der Waals surface area contributed by atoms with Crippen LogP contribution in [-0.4, -0.2) is 47.2 Å². The molecule has 8 nitrogen and oxygen atoms in total. The number of non-ortho nitro benzene ring substituents is 1. The number of nitro groups is 1. The van der Waals surface area contributed by atoms with Crippen molar-refractivity contribution in [2.45, 2.75) is 10.9 Å². The predicted molar refractivity (Wildman–Crippen MR) is 85.0 cm³/mol. The average molecular weight is 373 g/mol. The van der Waals surface area contributed by atoms with E-state index >= 15 is 0 Å². The van der Waals surface area contributed by atoms with Crippen LogP contribution in [0.4, 0.5) is 19.3 Å². The molecule has 0 aliphatic carbocycles. The number of amidine groups is 1. The van der Waals surface area contributed by atoms with Crippen molar-refractivity contribution in [3.05, 3.63) is 39.7 Å². The molecule has 0 unspecified atom stereocenters. The van der Waals surface area contributed by atoms with Gasteiger partial charge in [-0.2, -0.15) is 0 Å². The van der Waals surface area contributed by atoms with Crippen LogP contribution in [0.2, 0.25) is 0 Å². The maximum atomic E-state index is 14.5. The number of halogens is 2. The van der Waals surface area contributed by atoms with Crippen molar-refractivity contribution in [2.24, 2.45) is 10.9 Å². The summed E-state index contributed by atoms with van der Waals surface area (Å²) in [5.74, 6) is -1.29. The van der Waals surface area contributed by atoms with Gasteiger partial charge in [0.2, 0.25) is 0 Å². The standard InChI is InChI=1S/C14H13F2N3O5S/c15-4-11-9-5-17-12(18-13(20)21)25-14(9,6-24-11)8-3-7(19(22)23)1-2-10(8)16/h1-3,9,11H,4-6H2,(H,17,18)(H,20,21)/t9-,11+,14+/m0/s1. The zero-order valence-electron chi connectivity index (χ0n) is 12.6. The monoisotopic (exact) mass is 373 g/mol. The van der Waals surface area contributed by atoms with Crippen LogP contribution in [0.25, 0.3) is 0 Å². The highest BCUT2D eigenvalue weighted by molar-refractivity contribution is 8.14. The van der Waals surface area contributed by atoms with Crippen LogP contribution in [0.5, 0.6) is 0 Å². The van der Waals surface area contributed by atoms with Crippen LogP contribution < -0.4 is 5.32 Å². The number of thioether (sulfide) groups is 1. The lowest BCUT2D eigenvalue weighted by Gasteiger charge is -2.37. The molecule has 1 saturated heterocycles. The van der Waals surface area contributed by atoms with Crippen molar-refractivity contribution in [3.8, 4) is 0 Å². The second-order valence-corrected chi connectivity index (χ2v) is 6.92. The van der Waals surface area contributed by atoms with Crippen molar-refractivity contribution in [1.82, 2.24) is 5.32 Å². The quantitative estimate of drug-likeness (QED) is 0.621. The van der Waals surface area contributed by atoms with Gasteiger partial charge in [0, 0.05) is 30.2 Å². The number of benzene rings is 1. The molecule has 0 saturated carbocycles. The number of hydrogen-bond donors (Lipinski definition) is 2. The molecule has 3 rings (SSSR count). The van der Waals surface area contributed by atoms with Crippen LogP contribution >= 0.6 is 11.8 Å². The van der Waals surface area contributed by atoms with E-state index in [1.807, 2.05) is 0 Å². The molecule has 0 radical (unpaired) electrons. The molecule has 1 aromatic carbocycles. The summed E-state index contributed by atoms with van der Waals surface area (Å²) < 4.78 is 32.0. The molecule has 0 aromatic heterocycles. The number of alkyl halides is 1. The average Bonchev–Trinajstić information content (AvgIpc) is 2.93. The molecular formula is C14H13F2N3O5S. The first-order chi connectivity index (χ1) is 11.9. The Morgan fingerprint density at radius 1 is 1.60 bits per heavy atom. The Hall–Kier alpha value is -2.27. The molecule has 2 aliphatic heterocycles. The number of fused-ring (bicyclic) bond motifs is 1. The van der Waals surface area contributed by atoms with Crippen LogP contribution in [0, 0.1) is 21.8 Å². The van der Waals surface area contributed by atoms with Crippen LogP contribution in [0.1, 0.15) is 5.56 Å². The van der Waals surface area contributed by atoms with E-state index in [0.717, 1.165) is 30.0 Å². The summed E-state index contributed by atoms with van der Waals surface area (Å²) in [7, 11) is 0. The SMILES string of the molecule is O=C(O)NC1=NC[C@H]2[C@@H](CF)OC[C@]2(c2cc([N+](=O)[O-])ccc2F)S1. The third kappa shape index (κ3) is 3.04. The van der Waals surface area contributed by atoms with E-state index < -0.39 is 40.3 Å². The van der Waals surface area contributed by atoms with E-state index in [0.29, 0.717) is 0 Å². The number of amides is 1. The second-order valence-electron chi connectivity index (χ2n) is 5.60. The van der Waals surface area contributed by atoms with Gasteiger partial charge in [0.25, 0.3) is 5.69 Å². The van der Waals surface area contributed by atoms with Crippen molar-refractivity contribution < 1.29 is 28.3 Å². The number of aliphatic imine (C=N–C) groups is 1. The molecule has 0 bridgehead atoms. The lowest BCUT2D eigenvalue weighted by atomic mass is 9.83. The number of hydrogen-bond acceptors (Lipinski definition) is 6. The molecule has 3 atom stereocenters. The second kappa shape index (κ2) is 6.56. The zero-order chi connectivity index (χ0) is 18.2. The topological polar surface area (TPSA) is 114 Å². The molecule has 2 N–H and O–H groups in total. The molecule has 134 valence electrons. The van der Waals surface area contributed by atoms with Crippen LogP contribution in [-0.2, 0) is 9.48 Å². The van der Waals surface area contributed by atoms with E-state index in [-0.39, 0.29) is 29.6 Å². The first kappa shape index (κ1) is 17.5. The normalized spacial score (nSPS) is 28.2. The molecule has 2 heterocycles. The Morgan fingerprint density at radius 2 is 2.36 bits per heavy atom. The highest BCUT2D eigenvalue weighted by atomic mass is 32.2. The Bertz CT molecular complexity index is 762. The molecule has 1 fully saturated rings. The van der Waals surface area contributed by atoms with Gasteiger partial charge in [-0.25, -0.2) is 13.6 Å². The van der Waals surface area contributed by atoms with Crippen molar-refractivity contribution >= 4 is 28.7 Å². The molecule has 0 spiro atoms. The van der Waals surface area contributed by atoms with E-state index in [1.165, 1.54) is 0 Å². The van der Waals surface area contributed by atoms with E-state index in [2.05, 4.69) is 10.3 Å². The molecule has 2 aliphatic rings. The number of nitro benzene ring substituents is 1. The van der Waals surface area contributed by atoms with Crippen LogP contribution in [0.15, 0.2) is 23.2 Å². The van der Waals surface area contributed by atoms with Crippen molar-refractivity contribution in [1.29, 1.82) is 0 Å². The molecule has 25 heavy (non-hydrogen) atoms. The van der Waals surface area contributed by atoms with Gasteiger partial charge in [0.15, 0.2) is 5.17 Å². The highest BCUT2D eigenvalue weighted by Crippen LogP contribution is 2.53. The van der Waals surface area contributed by atoms with Gasteiger partial charge in [-0.15, -0.1) is 0 Å². The predicted octanol–water partition coefficient (Wildman–Crippen LogP) is 2.28. The number of carbonyl (C=O) groups is 1. The maximum Gasteiger partial charge on any atom is 0.410 e. The summed E-state index contributed by atoms with van der Waals surface area (Å²) in [6.45, 7) is -0.921. The minimum Gasteiger partial charge on any atom is -0.465 e. The van der Waals surface area contributed by atoms with Gasteiger partial charge in [-0.3, -0.25) is 20.4 Å². The fraction of sp³-hybridized carbons (Fsp3) is 0.429. The third-order valence-corrected chi connectivity index (χ3v) is 5.68. The maximum absolute atomic E-state index is 14.5. The number of nitrogens with zero attached hydrogens (tertiary/aromatic N) is 2. The van der Waals surface area contributed by atoms with Gasteiger partial charge >= 0.3 is 6.09 Å². The number of ether oxygens (including phenoxy) is 1. The number of rotatable bonds is 3. The molecule has 1 aromatic rings. The summed E-state index contributed by atoms with van der Waals surface area (Å²) in [6, 6.07) is 3.09. The molecule has 11 heteroatoms. The zero-order valence-corrected chi connectivity index (χ0v) is 13.5. The Morgan fingerprint density at radius 3 is 3.00 bits per heavy atom. The fourth-order valence-electron chi connectivity index (χ4n) is 3.10. The van der Waals surface area contributed by atoms with Crippen LogP contribution in [0.3, 0.4) is 0 Å². The van der Waals surface area contributed by atoms with Crippen molar-refractivity contribution in [2.75, 3.05) is 19.8 Å². The molecular weight excluding hydrogens is 360 g/mol. The summed E-state index contributed by atoms with van der Waals surface area (Å²) >= 11 is 0.888. The smallest absolute Gasteiger partial charge is 0.410 e.